The van der Waals surface area contributed by atoms with E-state index in [-0.39, 0.29) is 23.2 Å². The van der Waals surface area contributed by atoms with Crippen molar-refractivity contribution in [2.75, 3.05) is 18.2 Å². The smallest absolute Gasteiger partial charge is 0.389 e. The van der Waals surface area contributed by atoms with E-state index in [9.17, 15) is 22.4 Å². The van der Waals surface area contributed by atoms with E-state index in [2.05, 4.69) is 20.5 Å². The van der Waals surface area contributed by atoms with E-state index in [0.717, 1.165) is 19.1 Å². The third kappa shape index (κ3) is 6.80. The summed E-state index contributed by atoms with van der Waals surface area (Å²) in [7, 11) is 1.00. The Balaban J connectivity index is 0.00000176. The van der Waals surface area contributed by atoms with Gasteiger partial charge < -0.3 is 15.0 Å². The lowest BCUT2D eigenvalue weighted by atomic mass is 10.1. The highest BCUT2D eigenvalue weighted by molar-refractivity contribution is 7.96. The van der Waals surface area contributed by atoms with E-state index in [1.807, 2.05) is 18.4 Å². The molecule has 1 amide bonds. The Hall–Kier alpha value is -3.03. The molecule has 1 aromatic carbocycles. The fourth-order valence-electron chi connectivity index (χ4n) is 3.56. The Kier molecular flexibility index (Phi) is 9.03. The van der Waals surface area contributed by atoms with Crippen LogP contribution in [0.5, 0.6) is 0 Å². The second-order valence-electron chi connectivity index (χ2n) is 8.11. The number of hydrogen-bond acceptors (Lipinski definition) is 7. The van der Waals surface area contributed by atoms with Crippen molar-refractivity contribution in [3.63, 3.8) is 0 Å². The van der Waals surface area contributed by atoms with Gasteiger partial charge in [-0.3, -0.25) is 4.79 Å². The van der Waals surface area contributed by atoms with Gasteiger partial charge in [-0.05, 0) is 49.2 Å². The van der Waals surface area contributed by atoms with Gasteiger partial charge in [-0.1, -0.05) is 18.0 Å². The van der Waals surface area contributed by atoms with Crippen LogP contribution < -0.4 is 5.32 Å². The third-order valence-corrected chi connectivity index (χ3v) is 6.25. The average Bonchev–Trinajstić information content (AvgIpc) is 3.46. The summed E-state index contributed by atoms with van der Waals surface area (Å²) in [6, 6.07) is 7.85. The summed E-state index contributed by atoms with van der Waals surface area (Å²) in [4.78, 5) is 17.2. The molecule has 13 heteroatoms. The monoisotopic (exact) mass is 526 g/mol. The van der Waals surface area contributed by atoms with Crippen LogP contribution >= 0.6 is 11.9 Å². The van der Waals surface area contributed by atoms with Crippen LogP contribution in [0.4, 0.5) is 23.4 Å². The lowest BCUT2D eigenvalue weighted by molar-refractivity contribution is -0.129. The molecule has 0 atom stereocenters. The molecule has 0 radical (unpaired) electrons. The maximum Gasteiger partial charge on any atom is 0.389 e. The highest BCUT2D eigenvalue weighted by Gasteiger charge is 2.29. The van der Waals surface area contributed by atoms with Crippen LogP contribution in [0.25, 0.3) is 11.5 Å². The molecule has 3 aromatic rings. The van der Waals surface area contributed by atoms with Gasteiger partial charge in [0.05, 0.1) is 12.0 Å². The molecule has 1 aliphatic rings. The number of amides is 1. The van der Waals surface area contributed by atoms with Gasteiger partial charge in [0, 0.05) is 32.0 Å². The Bertz CT molecular complexity index is 1200. The second kappa shape index (κ2) is 11.8. The van der Waals surface area contributed by atoms with E-state index in [1.54, 1.807) is 28.8 Å². The van der Waals surface area contributed by atoms with Crippen LogP contribution in [-0.2, 0) is 13.1 Å². The maximum atomic E-state index is 14.7. The molecule has 0 saturated carbocycles. The standard InChI is InChI=1S/C22H22F4N6OS.CH4O/c1-13(2)32-12-27-30-20(32)18-4-3-5-19(28-18)29-21(33)16-8-14-10-31(11-15(14)9-17(16)23)34-7-6-22(24,25)26;1-2/h3-5,8-9,12-13H,6-7,10-11H2,1-2H3,(H,28,29,33);2H,1H3. The molecule has 36 heavy (non-hydrogen) atoms. The number of benzene rings is 1. The number of carbonyl (C=O) groups excluding carboxylic acids is 1. The minimum absolute atomic E-state index is 0.108. The molecule has 0 aliphatic carbocycles. The summed E-state index contributed by atoms with van der Waals surface area (Å²) >= 11 is 1.06. The van der Waals surface area contributed by atoms with Gasteiger partial charge >= 0.3 is 6.18 Å². The molecular weight excluding hydrogens is 500 g/mol. The zero-order valence-corrected chi connectivity index (χ0v) is 20.7. The summed E-state index contributed by atoms with van der Waals surface area (Å²) in [6.07, 6.45) is -3.52. The molecular formula is C23H26F4N6O2S. The Morgan fingerprint density at radius 1 is 1.19 bits per heavy atom. The summed E-state index contributed by atoms with van der Waals surface area (Å²) in [5.41, 5.74) is 1.71. The zero-order chi connectivity index (χ0) is 26.5. The second-order valence-corrected chi connectivity index (χ2v) is 9.30. The van der Waals surface area contributed by atoms with Crippen LogP contribution in [-0.4, -0.2) is 54.1 Å². The number of nitrogens with zero attached hydrogens (tertiary/aromatic N) is 5. The number of pyridine rings is 1. The van der Waals surface area contributed by atoms with Crippen molar-refractivity contribution in [2.24, 2.45) is 0 Å². The molecule has 2 aromatic heterocycles. The number of aliphatic hydroxyl groups is 1. The maximum absolute atomic E-state index is 14.7. The quantitative estimate of drug-likeness (QED) is 0.336. The molecule has 1 aliphatic heterocycles. The third-order valence-electron chi connectivity index (χ3n) is 5.24. The van der Waals surface area contributed by atoms with E-state index in [4.69, 9.17) is 5.11 Å². The number of aromatic nitrogens is 4. The number of halogens is 4. The number of carbonyl (C=O) groups is 1. The SMILES string of the molecule is CC(C)n1cnnc1-c1cccc(NC(=O)c2cc3c(cc2F)CN(SCCC(F)(F)F)C3)n1.CO. The number of anilines is 1. The lowest BCUT2D eigenvalue weighted by Crippen LogP contribution is -2.15. The van der Waals surface area contributed by atoms with Gasteiger partial charge in [0.15, 0.2) is 5.82 Å². The highest BCUT2D eigenvalue weighted by atomic mass is 32.2. The largest absolute Gasteiger partial charge is 0.400 e. The van der Waals surface area contributed by atoms with E-state index in [0.29, 0.717) is 35.7 Å². The van der Waals surface area contributed by atoms with Crippen molar-refractivity contribution >= 4 is 23.7 Å². The van der Waals surface area contributed by atoms with Crippen LogP contribution in [0.3, 0.4) is 0 Å². The van der Waals surface area contributed by atoms with Crippen molar-refractivity contribution < 1.29 is 27.5 Å². The number of nitrogens with one attached hydrogen (secondary N) is 1. The first-order valence-corrected chi connectivity index (χ1v) is 11.9. The van der Waals surface area contributed by atoms with Crippen molar-refractivity contribution in [1.29, 1.82) is 0 Å². The Morgan fingerprint density at radius 2 is 1.89 bits per heavy atom. The number of fused-ring (bicyclic) bond motifs is 1. The zero-order valence-electron chi connectivity index (χ0n) is 19.9. The van der Waals surface area contributed by atoms with Crippen molar-refractivity contribution in [1.82, 2.24) is 24.1 Å². The van der Waals surface area contributed by atoms with E-state index in [1.165, 1.54) is 12.1 Å². The fraction of sp³-hybridized carbons (Fsp3) is 0.391. The van der Waals surface area contributed by atoms with Gasteiger partial charge in [-0.15, -0.1) is 10.2 Å². The number of aliphatic hydroxyl groups excluding tert-OH is 1. The highest BCUT2D eigenvalue weighted by Crippen LogP contribution is 2.32. The molecule has 0 spiro atoms. The molecule has 0 saturated heterocycles. The van der Waals surface area contributed by atoms with E-state index >= 15 is 0 Å². The van der Waals surface area contributed by atoms with Crippen molar-refractivity contribution in [2.45, 2.75) is 45.6 Å². The van der Waals surface area contributed by atoms with Gasteiger partial charge in [0.1, 0.15) is 23.7 Å². The summed E-state index contributed by atoms with van der Waals surface area (Å²) < 4.78 is 55.4. The molecule has 4 rings (SSSR count). The van der Waals surface area contributed by atoms with Gasteiger partial charge in [0.2, 0.25) is 0 Å². The van der Waals surface area contributed by atoms with Gasteiger partial charge in [-0.25, -0.2) is 13.7 Å². The van der Waals surface area contributed by atoms with Crippen LogP contribution in [0.1, 0.15) is 47.8 Å². The van der Waals surface area contributed by atoms with Gasteiger partial charge in [0.25, 0.3) is 5.91 Å². The number of hydrogen-bond donors (Lipinski definition) is 2. The topological polar surface area (TPSA) is 96.2 Å². The minimum Gasteiger partial charge on any atom is -0.400 e. The van der Waals surface area contributed by atoms with Crippen molar-refractivity contribution in [3.8, 4) is 11.5 Å². The summed E-state index contributed by atoms with van der Waals surface area (Å²) in [6.45, 7) is 4.60. The first kappa shape index (κ1) is 27.6. The average molecular weight is 527 g/mol. The van der Waals surface area contributed by atoms with Gasteiger partial charge in [-0.2, -0.15) is 13.2 Å². The van der Waals surface area contributed by atoms with E-state index < -0.39 is 24.3 Å². The Morgan fingerprint density at radius 3 is 2.56 bits per heavy atom. The predicted molar refractivity (Wildman–Crippen MR) is 129 cm³/mol. The molecule has 0 unspecified atom stereocenters. The van der Waals surface area contributed by atoms with Crippen LogP contribution in [0, 0.1) is 5.82 Å². The molecule has 0 fully saturated rings. The molecule has 2 N–H and O–H groups in total. The molecule has 0 bridgehead atoms. The molecule has 8 nitrogen and oxygen atoms in total. The van der Waals surface area contributed by atoms with Crippen LogP contribution in [0.15, 0.2) is 36.7 Å². The fourth-order valence-corrected chi connectivity index (χ4v) is 4.60. The molecule has 3 heterocycles. The first-order valence-electron chi connectivity index (χ1n) is 11.0. The van der Waals surface area contributed by atoms with Crippen molar-refractivity contribution in [3.05, 3.63) is 59.2 Å². The van der Waals surface area contributed by atoms with Crippen LogP contribution in [0.2, 0.25) is 0 Å². The number of alkyl halides is 3. The summed E-state index contributed by atoms with van der Waals surface area (Å²) in [5.74, 6) is -0.713. The lowest BCUT2D eigenvalue weighted by Gasteiger charge is -2.14. The summed E-state index contributed by atoms with van der Waals surface area (Å²) in [5, 5.41) is 17.6. The molecule has 194 valence electrons. The number of rotatable bonds is 7. The normalized spacial score (nSPS) is 13.4. The minimum atomic E-state index is -4.22. The Labute approximate surface area is 209 Å². The first-order chi connectivity index (χ1) is 17.1. The predicted octanol–water partition coefficient (Wildman–Crippen LogP) is 4.84.